The van der Waals surface area contributed by atoms with Gasteiger partial charge in [0.05, 0.1) is 5.69 Å². The van der Waals surface area contributed by atoms with Crippen LogP contribution in [0.4, 0.5) is 5.13 Å². The molecular formula is C13H20N4O2S. The lowest BCUT2D eigenvalue weighted by Gasteiger charge is -2.08. The molecule has 0 spiro atoms. The van der Waals surface area contributed by atoms with E-state index >= 15 is 0 Å². The molecule has 0 aliphatic carbocycles. The maximum Gasteiger partial charge on any atom is 0.226 e. The third-order valence-electron chi connectivity index (χ3n) is 3.00. The molecule has 0 aliphatic rings. The fourth-order valence-corrected chi connectivity index (χ4v) is 2.57. The number of aryl methyl sites for hydroxylation is 2. The molecule has 0 radical (unpaired) electrons. The van der Waals surface area contributed by atoms with Gasteiger partial charge in [0.15, 0.2) is 5.13 Å². The van der Waals surface area contributed by atoms with Gasteiger partial charge >= 0.3 is 0 Å². The maximum atomic E-state index is 5.59. The third kappa shape index (κ3) is 4.01. The Balaban J connectivity index is 1.83. The minimum absolute atomic E-state index is 0.0733. The number of nitrogen functional groups attached to an aromatic ring is 1. The van der Waals surface area contributed by atoms with Crippen LogP contribution >= 0.6 is 11.3 Å². The summed E-state index contributed by atoms with van der Waals surface area (Å²) < 4.78 is 10.6. The van der Waals surface area contributed by atoms with Gasteiger partial charge < -0.3 is 15.0 Å². The minimum atomic E-state index is -0.0733. The number of hydrogen-bond donors (Lipinski definition) is 1. The van der Waals surface area contributed by atoms with Gasteiger partial charge in [-0.3, -0.25) is 0 Å². The number of ether oxygens (including phenoxy) is 1. The molecule has 2 rings (SSSR count). The van der Waals surface area contributed by atoms with E-state index in [9.17, 15) is 0 Å². The molecule has 0 fully saturated rings. The van der Waals surface area contributed by atoms with Gasteiger partial charge in [0.2, 0.25) is 11.7 Å². The zero-order chi connectivity index (χ0) is 14.4. The van der Waals surface area contributed by atoms with E-state index in [2.05, 4.69) is 22.0 Å². The van der Waals surface area contributed by atoms with Gasteiger partial charge in [0, 0.05) is 18.9 Å². The van der Waals surface area contributed by atoms with Gasteiger partial charge in [-0.25, -0.2) is 4.98 Å². The third-order valence-corrected chi connectivity index (χ3v) is 3.72. The van der Waals surface area contributed by atoms with Gasteiger partial charge in [-0.1, -0.05) is 18.5 Å². The summed E-state index contributed by atoms with van der Waals surface area (Å²) in [6.07, 6.45) is 4.37. The number of anilines is 1. The largest absolute Gasteiger partial charge is 0.375 e. The Morgan fingerprint density at radius 2 is 2.25 bits per heavy atom. The van der Waals surface area contributed by atoms with Crippen molar-refractivity contribution in [2.24, 2.45) is 0 Å². The lowest BCUT2D eigenvalue weighted by molar-refractivity contribution is 0.0854. The van der Waals surface area contributed by atoms with Crippen LogP contribution in [-0.4, -0.2) is 22.2 Å². The molecule has 0 saturated carbocycles. The second-order valence-corrected chi connectivity index (χ2v) is 5.48. The van der Waals surface area contributed by atoms with Gasteiger partial charge in [-0.15, -0.1) is 11.3 Å². The normalized spacial score (nSPS) is 12.7. The fraction of sp³-hybridized carbons (Fsp3) is 0.615. The molecule has 2 aromatic heterocycles. The number of nitrogens with two attached hydrogens (primary N) is 1. The quantitative estimate of drug-likeness (QED) is 0.806. The first-order valence-electron chi connectivity index (χ1n) is 6.78. The number of rotatable bonds is 8. The highest BCUT2D eigenvalue weighted by Crippen LogP contribution is 2.19. The molecule has 1 atom stereocenters. The van der Waals surface area contributed by atoms with Crippen molar-refractivity contribution in [2.45, 2.75) is 45.1 Å². The van der Waals surface area contributed by atoms with E-state index in [1.54, 1.807) is 7.11 Å². The highest BCUT2D eigenvalue weighted by atomic mass is 32.1. The number of hydrogen-bond acceptors (Lipinski definition) is 7. The average Bonchev–Trinajstić information content (AvgIpc) is 3.06. The Labute approximate surface area is 122 Å². The summed E-state index contributed by atoms with van der Waals surface area (Å²) >= 11 is 1.47. The molecule has 6 nitrogen and oxygen atoms in total. The molecule has 1 unspecified atom stereocenters. The summed E-state index contributed by atoms with van der Waals surface area (Å²) in [5, 5.41) is 6.59. The molecule has 2 heterocycles. The predicted octanol–water partition coefficient (Wildman–Crippen LogP) is 2.77. The molecule has 2 N–H and O–H groups in total. The molecule has 20 heavy (non-hydrogen) atoms. The molecule has 0 amide bonds. The van der Waals surface area contributed by atoms with Crippen LogP contribution in [-0.2, 0) is 17.6 Å². The molecule has 0 aromatic carbocycles. The second-order valence-electron chi connectivity index (χ2n) is 4.59. The van der Waals surface area contributed by atoms with Crippen molar-refractivity contribution < 1.29 is 9.26 Å². The van der Waals surface area contributed by atoms with Crippen LogP contribution in [0.3, 0.4) is 0 Å². The number of aromatic nitrogens is 3. The van der Waals surface area contributed by atoms with Crippen LogP contribution < -0.4 is 5.73 Å². The first-order chi connectivity index (χ1) is 9.72. The average molecular weight is 296 g/mol. The Morgan fingerprint density at radius 3 is 2.90 bits per heavy atom. The summed E-state index contributed by atoms with van der Waals surface area (Å²) in [6, 6.07) is 0. The van der Waals surface area contributed by atoms with E-state index < -0.39 is 0 Å². The van der Waals surface area contributed by atoms with Crippen molar-refractivity contribution in [3.05, 3.63) is 22.8 Å². The van der Waals surface area contributed by atoms with Gasteiger partial charge in [-0.05, 0) is 19.3 Å². The standard InChI is InChI=1S/C13H20N4O2S/c1-3-5-10(18-2)12-16-11(19-17-12)7-4-6-9-8-20-13(14)15-9/h8,10H,3-7H2,1-2H3,(H2,14,15). The van der Waals surface area contributed by atoms with E-state index in [-0.39, 0.29) is 6.10 Å². The molecule has 0 aliphatic heterocycles. The highest BCUT2D eigenvalue weighted by molar-refractivity contribution is 7.13. The maximum absolute atomic E-state index is 5.59. The van der Waals surface area contributed by atoms with E-state index in [4.69, 9.17) is 15.0 Å². The van der Waals surface area contributed by atoms with E-state index in [0.717, 1.165) is 37.8 Å². The van der Waals surface area contributed by atoms with Crippen LogP contribution in [0.5, 0.6) is 0 Å². The molecular weight excluding hydrogens is 276 g/mol. The van der Waals surface area contributed by atoms with E-state index in [0.29, 0.717) is 16.8 Å². The van der Waals surface area contributed by atoms with Crippen molar-refractivity contribution in [3.63, 3.8) is 0 Å². The Kier molecular flexibility index (Phi) is 5.49. The monoisotopic (exact) mass is 296 g/mol. The van der Waals surface area contributed by atoms with Crippen LogP contribution in [0.2, 0.25) is 0 Å². The Hall–Kier alpha value is -1.47. The molecule has 7 heteroatoms. The van der Waals surface area contributed by atoms with Gasteiger partial charge in [-0.2, -0.15) is 4.98 Å². The van der Waals surface area contributed by atoms with Crippen LogP contribution in [0.15, 0.2) is 9.90 Å². The predicted molar refractivity (Wildman–Crippen MR) is 77.5 cm³/mol. The van der Waals surface area contributed by atoms with Gasteiger partial charge in [0.1, 0.15) is 6.10 Å². The summed E-state index contributed by atoms with van der Waals surface area (Å²) in [6.45, 7) is 2.10. The molecule has 2 aromatic rings. The minimum Gasteiger partial charge on any atom is -0.375 e. The highest BCUT2D eigenvalue weighted by Gasteiger charge is 2.16. The van der Waals surface area contributed by atoms with Crippen molar-refractivity contribution in [2.75, 3.05) is 12.8 Å². The zero-order valence-electron chi connectivity index (χ0n) is 11.8. The Bertz CT molecular complexity index is 526. The molecule has 0 saturated heterocycles. The first kappa shape index (κ1) is 14.9. The topological polar surface area (TPSA) is 87.1 Å². The number of methoxy groups -OCH3 is 1. The van der Waals surface area contributed by atoms with Crippen molar-refractivity contribution in [1.29, 1.82) is 0 Å². The van der Waals surface area contributed by atoms with Crippen molar-refractivity contribution in [1.82, 2.24) is 15.1 Å². The van der Waals surface area contributed by atoms with Crippen molar-refractivity contribution >= 4 is 16.5 Å². The van der Waals surface area contributed by atoms with Crippen LogP contribution in [0.25, 0.3) is 0 Å². The summed E-state index contributed by atoms with van der Waals surface area (Å²) in [4.78, 5) is 8.61. The van der Waals surface area contributed by atoms with E-state index in [1.807, 2.05) is 5.38 Å². The zero-order valence-corrected chi connectivity index (χ0v) is 12.7. The lowest BCUT2D eigenvalue weighted by atomic mass is 10.2. The van der Waals surface area contributed by atoms with E-state index in [1.165, 1.54) is 11.3 Å². The first-order valence-corrected chi connectivity index (χ1v) is 7.66. The lowest BCUT2D eigenvalue weighted by Crippen LogP contribution is -2.03. The Morgan fingerprint density at radius 1 is 1.40 bits per heavy atom. The molecule has 0 bridgehead atoms. The van der Waals surface area contributed by atoms with Crippen LogP contribution in [0.1, 0.15) is 49.7 Å². The van der Waals surface area contributed by atoms with Crippen LogP contribution in [0, 0.1) is 0 Å². The summed E-state index contributed by atoms with van der Waals surface area (Å²) in [5.41, 5.74) is 6.62. The fourth-order valence-electron chi connectivity index (χ4n) is 1.97. The van der Waals surface area contributed by atoms with Gasteiger partial charge in [0.25, 0.3) is 0 Å². The molecule has 110 valence electrons. The summed E-state index contributed by atoms with van der Waals surface area (Å²) in [5.74, 6) is 1.30. The number of nitrogens with zero attached hydrogens (tertiary/aromatic N) is 3. The SMILES string of the molecule is CCCC(OC)c1noc(CCCc2csc(N)n2)n1. The van der Waals surface area contributed by atoms with Crippen molar-refractivity contribution in [3.8, 4) is 0 Å². The summed E-state index contributed by atoms with van der Waals surface area (Å²) in [7, 11) is 1.67. The smallest absolute Gasteiger partial charge is 0.226 e. The second kappa shape index (κ2) is 7.35. The number of thiazole rings is 1.